The average Bonchev–Trinajstić information content (AvgIpc) is 2.51. The zero-order valence-corrected chi connectivity index (χ0v) is 14.4. The van der Waals surface area contributed by atoms with Gasteiger partial charge in [0.15, 0.2) is 0 Å². The van der Waals surface area contributed by atoms with Gasteiger partial charge in [0.25, 0.3) is 0 Å². The Bertz CT molecular complexity index is 671. The van der Waals surface area contributed by atoms with Gasteiger partial charge in [0, 0.05) is 17.3 Å². The second kappa shape index (κ2) is 7.99. The van der Waals surface area contributed by atoms with Crippen LogP contribution in [0.25, 0.3) is 0 Å². The largest absolute Gasteiger partial charge is 0.497 e. The third-order valence-corrected chi connectivity index (χ3v) is 3.89. The molecular formula is C18H21ClN2O2. The van der Waals surface area contributed by atoms with E-state index in [9.17, 15) is 4.79 Å². The van der Waals surface area contributed by atoms with E-state index in [0.717, 1.165) is 16.9 Å². The van der Waals surface area contributed by atoms with Crippen LogP contribution in [-0.2, 0) is 11.3 Å². The Labute approximate surface area is 142 Å². The highest BCUT2D eigenvalue weighted by molar-refractivity contribution is 6.31. The summed E-state index contributed by atoms with van der Waals surface area (Å²) in [5.41, 5.74) is 2.82. The van der Waals surface area contributed by atoms with Crippen LogP contribution in [0.5, 0.6) is 5.75 Å². The summed E-state index contributed by atoms with van der Waals surface area (Å²) in [5, 5.41) is 3.51. The molecule has 0 unspecified atom stereocenters. The number of rotatable bonds is 6. The molecule has 0 saturated heterocycles. The number of methoxy groups -OCH3 is 1. The predicted octanol–water partition coefficient (Wildman–Crippen LogP) is 3.73. The number of carbonyl (C=O) groups is 1. The van der Waals surface area contributed by atoms with E-state index in [-0.39, 0.29) is 5.91 Å². The van der Waals surface area contributed by atoms with Crippen LogP contribution in [-0.4, -0.2) is 31.5 Å². The van der Waals surface area contributed by atoms with Crippen molar-refractivity contribution in [2.45, 2.75) is 13.5 Å². The van der Waals surface area contributed by atoms with Crippen molar-refractivity contribution >= 4 is 23.2 Å². The SMILES string of the molecule is COc1ccc(CN(C)CC(=O)Nc2ccc(C)c(Cl)c2)cc1. The first-order valence-corrected chi connectivity index (χ1v) is 7.73. The number of aryl methyl sites for hydroxylation is 1. The topological polar surface area (TPSA) is 41.6 Å². The maximum Gasteiger partial charge on any atom is 0.238 e. The third-order valence-electron chi connectivity index (χ3n) is 3.48. The van der Waals surface area contributed by atoms with Gasteiger partial charge in [-0.05, 0) is 49.4 Å². The Morgan fingerprint density at radius 2 is 1.91 bits per heavy atom. The van der Waals surface area contributed by atoms with Crippen LogP contribution in [0.2, 0.25) is 5.02 Å². The van der Waals surface area contributed by atoms with Crippen LogP contribution in [0.4, 0.5) is 5.69 Å². The smallest absolute Gasteiger partial charge is 0.238 e. The van der Waals surface area contributed by atoms with Crippen molar-refractivity contribution in [1.29, 1.82) is 0 Å². The molecule has 0 aromatic heterocycles. The molecule has 0 fully saturated rings. The molecule has 0 saturated carbocycles. The van der Waals surface area contributed by atoms with E-state index in [2.05, 4.69) is 5.32 Å². The summed E-state index contributed by atoms with van der Waals surface area (Å²) in [6.07, 6.45) is 0. The van der Waals surface area contributed by atoms with Crippen molar-refractivity contribution < 1.29 is 9.53 Å². The summed E-state index contributed by atoms with van der Waals surface area (Å²) in [7, 11) is 3.55. The zero-order chi connectivity index (χ0) is 16.8. The van der Waals surface area contributed by atoms with Gasteiger partial charge in [-0.15, -0.1) is 0 Å². The highest BCUT2D eigenvalue weighted by Crippen LogP contribution is 2.20. The molecule has 2 aromatic carbocycles. The van der Waals surface area contributed by atoms with Gasteiger partial charge in [-0.25, -0.2) is 0 Å². The molecule has 4 nitrogen and oxygen atoms in total. The second-order valence-corrected chi connectivity index (χ2v) is 5.94. The van der Waals surface area contributed by atoms with Crippen molar-refractivity contribution in [2.75, 3.05) is 26.0 Å². The number of hydrogen-bond donors (Lipinski definition) is 1. The molecule has 0 atom stereocenters. The molecule has 0 heterocycles. The van der Waals surface area contributed by atoms with Gasteiger partial charge < -0.3 is 10.1 Å². The Hall–Kier alpha value is -2.04. The van der Waals surface area contributed by atoms with E-state index in [1.165, 1.54) is 0 Å². The van der Waals surface area contributed by atoms with E-state index in [4.69, 9.17) is 16.3 Å². The first-order valence-electron chi connectivity index (χ1n) is 7.35. The highest BCUT2D eigenvalue weighted by Gasteiger charge is 2.08. The van der Waals surface area contributed by atoms with Crippen LogP contribution in [0, 0.1) is 6.92 Å². The number of nitrogens with zero attached hydrogens (tertiary/aromatic N) is 1. The minimum absolute atomic E-state index is 0.0686. The number of ether oxygens (including phenoxy) is 1. The molecule has 0 bridgehead atoms. The molecule has 2 aromatic rings. The molecule has 0 radical (unpaired) electrons. The van der Waals surface area contributed by atoms with E-state index >= 15 is 0 Å². The number of nitrogens with one attached hydrogen (secondary N) is 1. The Morgan fingerprint density at radius 1 is 1.22 bits per heavy atom. The van der Waals surface area contributed by atoms with Crippen LogP contribution >= 0.6 is 11.6 Å². The summed E-state index contributed by atoms with van der Waals surface area (Å²) in [4.78, 5) is 14.0. The second-order valence-electron chi connectivity index (χ2n) is 5.53. The van der Waals surface area contributed by atoms with Crippen molar-refractivity contribution in [3.8, 4) is 5.75 Å². The number of carbonyl (C=O) groups excluding carboxylic acids is 1. The van der Waals surface area contributed by atoms with Gasteiger partial charge in [-0.3, -0.25) is 9.69 Å². The Balaban J connectivity index is 1.87. The van der Waals surface area contributed by atoms with E-state index in [0.29, 0.717) is 23.8 Å². The minimum Gasteiger partial charge on any atom is -0.497 e. The molecular weight excluding hydrogens is 312 g/mol. The minimum atomic E-state index is -0.0686. The molecule has 0 spiro atoms. The molecule has 5 heteroatoms. The number of anilines is 1. The average molecular weight is 333 g/mol. The number of hydrogen-bond acceptors (Lipinski definition) is 3. The molecule has 1 N–H and O–H groups in total. The zero-order valence-electron chi connectivity index (χ0n) is 13.6. The summed E-state index contributed by atoms with van der Waals surface area (Å²) in [6, 6.07) is 13.3. The molecule has 0 aliphatic rings. The van der Waals surface area contributed by atoms with Crippen molar-refractivity contribution in [3.05, 3.63) is 58.6 Å². The number of benzene rings is 2. The lowest BCUT2D eigenvalue weighted by atomic mass is 10.2. The van der Waals surface area contributed by atoms with E-state index in [1.807, 2.05) is 55.3 Å². The summed E-state index contributed by atoms with van der Waals surface area (Å²) >= 11 is 6.06. The lowest BCUT2D eigenvalue weighted by Crippen LogP contribution is -2.29. The lowest BCUT2D eigenvalue weighted by Gasteiger charge is -2.16. The monoisotopic (exact) mass is 332 g/mol. The maximum atomic E-state index is 12.1. The standard InChI is InChI=1S/C18H21ClN2O2/c1-13-4-7-15(10-17(13)19)20-18(22)12-21(2)11-14-5-8-16(23-3)9-6-14/h4-10H,11-12H2,1-3H3,(H,20,22). The van der Waals surface area contributed by atoms with Gasteiger partial charge in [0.2, 0.25) is 5.91 Å². The van der Waals surface area contributed by atoms with Crippen LogP contribution in [0.3, 0.4) is 0 Å². The van der Waals surface area contributed by atoms with Gasteiger partial charge in [-0.2, -0.15) is 0 Å². The van der Waals surface area contributed by atoms with Crippen LogP contribution in [0.15, 0.2) is 42.5 Å². The van der Waals surface area contributed by atoms with Gasteiger partial charge in [0.1, 0.15) is 5.75 Å². The normalized spacial score (nSPS) is 10.7. The van der Waals surface area contributed by atoms with Crippen LogP contribution < -0.4 is 10.1 Å². The molecule has 0 aliphatic carbocycles. The summed E-state index contributed by atoms with van der Waals surface area (Å²) in [6.45, 7) is 2.92. The van der Waals surface area contributed by atoms with Gasteiger partial charge >= 0.3 is 0 Å². The number of likely N-dealkylation sites (N-methyl/N-ethyl adjacent to an activating group) is 1. The molecule has 0 aliphatic heterocycles. The first-order chi connectivity index (χ1) is 11.0. The molecule has 122 valence electrons. The van der Waals surface area contributed by atoms with Crippen LogP contribution in [0.1, 0.15) is 11.1 Å². The van der Waals surface area contributed by atoms with E-state index < -0.39 is 0 Å². The number of halogens is 1. The maximum absolute atomic E-state index is 12.1. The van der Waals surface area contributed by atoms with E-state index in [1.54, 1.807) is 13.2 Å². The number of amides is 1. The fourth-order valence-corrected chi connectivity index (χ4v) is 2.40. The fourth-order valence-electron chi connectivity index (χ4n) is 2.21. The summed E-state index contributed by atoms with van der Waals surface area (Å²) < 4.78 is 5.13. The predicted molar refractivity (Wildman–Crippen MR) is 94.1 cm³/mol. The molecule has 2 rings (SSSR count). The molecule has 23 heavy (non-hydrogen) atoms. The van der Waals surface area contributed by atoms with Gasteiger partial charge in [-0.1, -0.05) is 29.8 Å². The first kappa shape index (κ1) is 17.3. The fraction of sp³-hybridized carbons (Fsp3) is 0.278. The molecule has 1 amide bonds. The Kier molecular flexibility index (Phi) is 6.02. The third kappa shape index (κ3) is 5.27. The lowest BCUT2D eigenvalue weighted by molar-refractivity contribution is -0.117. The highest BCUT2D eigenvalue weighted by atomic mass is 35.5. The van der Waals surface area contributed by atoms with Gasteiger partial charge in [0.05, 0.1) is 13.7 Å². The Morgan fingerprint density at radius 3 is 2.52 bits per heavy atom. The summed E-state index contributed by atoms with van der Waals surface area (Å²) in [5.74, 6) is 0.756. The quantitative estimate of drug-likeness (QED) is 0.876. The van der Waals surface area contributed by atoms with Crippen molar-refractivity contribution in [3.63, 3.8) is 0 Å². The van der Waals surface area contributed by atoms with Crippen molar-refractivity contribution in [1.82, 2.24) is 4.90 Å². The van der Waals surface area contributed by atoms with Crippen molar-refractivity contribution in [2.24, 2.45) is 0 Å².